The first kappa shape index (κ1) is 17.4. The maximum atomic E-state index is 11.8. The molecular formula is C16H21NO6. The Balaban J connectivity index is 1.66. The first-order valence-corrected chi connectivity index (χ1v) is 7.69. The molecule has 0 spiro atoms. The topological polar surface area (TPSA) is 87.9 Å². The summed E-state index contributed by atoms with van der Waals surface area (Å²) >= 11 is 0. The molecule has 0 aliphatic carbocycles. The van der Waals surface area contributed by atoms with Crippen LogP contribution in [0.25, 0.3) is 0 Å². The van der Waals surface area contributed by atoms with Crippen molar-refractivity contribution in [1.82, 2.24) is 0 Å². The lowest BCUT2D eigenvalue weighted by Crippen LogP contribution is -2.27. The smallest absolute Gasteiger partial charge is 0.334 e. The van der Waals surface area contributed by atoms with Crippen molar-refractivity contribution in [2.24, 2.45) is 0 Å². The Morgan fingerprint density at radius 3 is 2.78 bits per heavy atom. The molecule has 2 unspecified atom stereocenters. The number of non-ortho nitro benzene ring substituents is 1. The number of hydrogen-bond acceptors (Lipinski definition) is 6. The molecule has 7 heteroatoms. The van der Waals surface area contributed by atoms with Crippen molar-refractivity contribution >= 4 is 11.7 Å². The van der Waals surface area contributed by atoms with Gasteiger partial charge in [-0.05, 0) is 25.3 Å². The summed E-state index contributed by atoms with van der Waals surface area (Å²) in [5.74, 6) is -0.412. The van der Waals surface area contributed by atoms with Gasteiger partial charge in [-0.2, -0.15) is 0 Å². The zero-order valence-corrected chi connectivity index (χ0v) is 13.1. The van der Waals surface area contributed by atoms with Gasteiger partial charge in [-0.3, -0.25) is 10.1 Å². The van der Waals surface area contributed by atoms with Crippen LogP contribution in [-0.2, 0) is 25.4 Å². The molecule has 0 saturated carbocycles. The van der Waals surface area contributed by atoms with E-state index < -0.39 is 17.0 Å². The Kier molecular flexibility index (Phi) is 6.49. The first-order chi connectivity index (χ1) is 11.1. The molecule has 0 radical (unpaired) electrons. The van der Waals surface area contributed by atoms with Crippen LogP contribution in [-0.4, -0.2) is 42.9 Å². The van der Waals surface area contributed by atoms with Crippen LogP contribution in [0.3, 0.4) is 0 Å². The molecule has 2 rings (SSSR count). The van der Waals surface area contributed by atoms with Crippen molar-refractivity contribution in [3.05, 3.63) is 39.9 Å². The monoisotopic (exact) mass is 323 g/mol. The average Bonchev–Trinajstić information content (AvgIpc) is 3.06. The summed E-state index contributed by atoms with van der Waals surface area (Å²) < 4.78 is 16.0. The third kappa shape index (κ3) is 5.61. The SMILES string of the molecule is CC(OCC1CCCO1)C(=O)OCCc1ccc([N+](=O)[O-])cc1. The zero-order chi connectivity index (χ0) is 16.7. The molecule has 0 bridgehead atoms. The molecule has 1 heterocycles. The second kappa shape index (κ2) is 8.59. The Morgan fingerprint density at radius 2 is 2.17 bits per heavy atom. The maximum absolute atomic E-state index is 11.8. The second-order valence-electron chi connectivity index (χ2n) is 5.45. The van der Waals surface area contributed by atoms with Gasteiger partial charge in [0.15, 0.2) is 6.10 Å². The Morgan fingerprint density at radius 1 is 1.43 bits per heavy atom. The first-order valence-electron chi connectivity index (χ1n) is 7.69. The summed E-state index contributed by atoms with van der Waals surface area (Å²) in [5.41, 5.74) is 0.915. The van der Waals surface area contributed by atoms with E-state index >= 15 is 0 Å². The zero-order valence-electron chi connectivity index (χ0n) is 13.1. The average molecular weight is 323 g/mol. The van der Waals surface area contributed by atoms with E-state index in [1.54, 1.807) is 19.1 Å². The number of nitrogens with zero attached hydrogens (tertiary/aromatic N) is 1. The minimum atomic E-state index is -0.629. The van der Waals surface area contributed by atoms with Gasteiger partial charge < -0.3 is 14.2 Å². The number of rotatable bonds is 8. The second-order valence-corrected chi connectivity index (χ2v) is 5.45. The summed E-state index contributed by atoms with van der Waals surface area (Å²) in [7, 11) is 0. The van der Waals surface area contributed by atoms with Crippen LogP contribution in [0.5, 0.6) is 0 Å². The molecule has 1 aliphatic heterocycles. The van der Waals surface area contributed by atoms with Crippen LogP contribution in [0.15, 0.2) is 24.3 Å². The number of carbonyl (C=O) groups is 1. The lowest BCUT2D eigenvalue weighted by atomic mass is 10.1. The van der Waals surface area contributed by atoms with Crippen molar-refractivity contribution in [1.29, 1.82) is 0 Å². The molecular weight excluding hydrogens is 302 g/mol. The highest BCUT2D eigenvalue weighted by molar-refractivity contribution is 5.74. The highest BCUT2D eigenvalue weighted by Crippen LogP contribution is 2.14. The van der Waals surface area contributed by atoms with Crippen LogP contribution in [0, 0.1) is 10.1 Å². The van der Waals surface area contributed by atoms with Crippen molar-refractivity contribution in [3.63, 3.8) is 0 Å². The van der Waals surface area contributed by atoms with Gasteiger partial charge in [0.25, 0.3) is 5.69 Å². The van der Waals surface area contributed by atoms with Gasteiger partial charge in [0, 0.05) is 25.2 Å². The van der Waals surface area contributed by atoms with E-state index in [9.17, 15) is 14.9 Å². The number of carbonyl (C=O) groups excluding carboxylic acids is 1. The molecule has 0 aromatic heterocycles. The molecule has 23 heavy (non-hydrogen) atoms. The van der Waals surface area contributed by atoms with Crippen LogP contribution in [0.4, 0.5) is 5.69 Å². The number of benzene rings is 1. The third-order valence-corrected chi connectivity index (χ3v) is 3.67. The molecule has 1 saturated heterocycles. The predicted molar refractivity (Wildman–Crippen MR) is 82.1 cm³/mol. The predicted octanol–water partition coefficient (Wildman–Crippen LogP) is 2.26. The van der Waals surface area contributed by atoms with Crippen molar-refractivity contribution in [3.8, 4) is 0 Å². The highest BCUT2D eigenvalue weighted by atomic mass is 16.6. The summed E-state index contributed by atoms with van der Waals surface area (Å²) in [6, 6.07) is 6.18. The Bertz CT molecular complexity index is 524. The Hall–Kier alpha value is -1.99. The van der Waals surface area contributed by atoms with Crippen molar-refractivity contribution in [2.75, 3.05) is 19.8 Å². The number of nitro groups is 1. The van der Waals surface area contributed by atoms with Gasteiger partial charge in [0.05, 0.1) is 24.2 Å². The van der Waals surface area contributed by atoms with Crippen LogP contribution >= 0.6 is 0 Å². The Labute approximate surface area is 134 Å². The van der Waals surface area contributed by atoms with Crippen LogP contribution in [0.1, 0.15) is 25.3 Å². The normalized spacial score (nSPS) is 18.6. The molecule has 0 amide bonds. The summed E-state index contributed by atoms with van der Waals surface area (Å²) in [4.78, 5) is 21.9. The fourth-order valence-corrected chi connectivity index (χ4v) is 2.27. The van der Waals surface area contributed by atoms with E-state index in [0.717, 1.165) is 25.0 Å². The number of nitro benzene ring substituents is 1. The van der Waals surface area contributed by atoms with E-state index in [2.05, 4.69) is 0 Å². The molecule has 2 atom stereocenters. The van der Waals surface area contributed by atoms with Crippen LogP contribution in [0.2, 0.25) is 0 Å². The number of hydrogen-bond donors (Lipinski definition) is 0. The van der Waals surface area contributed by atoms with Gasteiger partial charge in [-0.15, -0.1) is 0 Å². The minimum absolute atomic E-state index is 0.0434. The maximum Gasteiger partial charge on any atom is 0.334 e. The number of ether oxygens (including phenoxy) is 3. The molecule has 0 N–H and O–H groups in total. The van der Waals surface area contributed by atoms with Gasteiger partial charge >= 0.3 is 5.97 Å². The van der Waals surface area contributed by atoms with Gasteiger partial charge in [-0.1, -0.05) is 12.1 Å². The van der Waals surface area contributed by atoms with Crippen molar-refractivity contribution in [2.45, 2.75) is 38.4 Å². The van der Waals surface area contributed by atoms with Gasteiger partial charge in [0.2, 0.25) is 0 Å². The fourth-order valence-electron chi connectivity index (χ4n) is 2.27. The fraction of sp³-hybridized carbons (Fsp3) is 0.562. The third-order valence-electron chi connectivity index (χ3n) is 3.67. The van der Waals surface area contributed by atoms with E-state index in [1.165, 1.54) is 12.1 Å². The molecule has 7 nitrogen and oxygen atoms in total. The van der Waals surface area contributed by atoms with Gasteiger partial charge in [0.1, 0.15) is 0 Å². The van der Waals surface area contributed by atoms with Crippen molar-refractivity contribution < 1.29 is 23.9 Å². The van der Waals surface area contributed by atoms with E-state index in [1.807, 2.05) is 0 Å². The summed E-state index contributed by atoms with van der Waals surface area (Å²) in [6.45, 7) is 3.02. The molecule has 1 aliphatic rings. The lowest BCUT2D eigenvalue weighted by molar-refractivity contribution is -0.384. The van der Waals surface area contributed by atoms with Crippen LogP contribution < -0.4 is 0 Å². The lowest BCUT2D eigenvalue weighted by Gasteiger charge is -2.15. The highest BCUT2D eigenvalue weighted by Gasteiger charge is 2.20. The molecule has 1 fully saturated rings. The molecule has 1 aromatic carbocycles. The number of esters is 1. The van der Waals surface area contributed by atoms with E-state index in [0.29, 0.717) is 13.0 Å². The standard InChI is InChI=1S/C16H21NO6/c1-12(23-11-15-3-2-9-21-15)16(18)22-10-8-13-4-6-14(7-5-13)17(19)20/h4-7,12,15H,2-3,8-11H2,1H3. The molecule has 1 aromatic rings. The largest absolute Gasteiger partial charge is 0.463 e. The van der Waals surface area contributed by atoms with E-state index in [-0.39, 0.29) is 18.4 Å². The molecule has 126 valence electrons. The van der Waals surface area contributed by atoms with Gasteiger partial charge in [-0.25, -0.2) is 4.79 Å². The van der Waals surface area contributed by atoms with E-state index in [4.69, 9.17) is 14.2 Å². The summed E-state index contributed by atoms with van der Waals surface area (Å²) in [5, 5.41) is 10.6. The quantitative estimate of drug-likeness (QED) is 0.414. The minimum Gasteiger partial charge on any atom is -0.463 e. The summed E-state index contributed by atoms with van der Waals surface area (Å²) in [6.07, 6.45) is 1.94.